The summed E-state index contributed by atoms with van der Waals surface area (Å²) >= 11 is 0. The maximum absolute atomic E-state index is 11.4. The lowest BCUT2D eigenvalue weighted by Crippen LogP contribution is -2.42. The highest BCUT2D eigenvalue weighted by molar-refractivity contribution is 7.86. The molecule has 0 fully saturated rings. The molecule has 1 rings (SSSR count). The van der Waals surface area contributed by atoms with Crippen LogP contribution in [0.5, 0.6) is 0 Å². The fourth-order valence-corrected chi connectivity index (χ4v) is 3.28. The van der Waals surface area contributed by atoms with Crippen molar-refractivity contribution >= 4 is 10.1 Å². The second-order valence-corrected chi connectivity index (χ2v) is 7.54. The summed E-state index contributed by atoms with van der Waals surface area (Å²) in [5, 5.41) is 0. The minimum absolute atomic E-state index is 0.537. The third-order valence-corrected chi connectivity index (χ3v) is 4.29. The van der Waals surface area contributed by atoms with Gasteiger partial charge in [0.15, 0.2) is 0 Å². The van der Waals surface area contributed by atoms with Gasteiger partial charge >= 0.3 is 0 Å². The van der Waals surface area contributed by atoms with Crippen LogP contribution >= 0.6 is 0 Å². The van der Waals surface area contributed by atoms with Crippen LogP contribution in [0.1, 0.15) is 52.4 Å². The fourth-order valence-electron chi connectivity index (χ4n) is 2.72. The Morgan fingerprint density at radius 1 is 1.14 bits per heavy atom. The van der Waals surface area contributed by atoms with Crippen molar-refractivity contribution in [2.75, 3.05) is 19.8 Å². The minimum Gasteiger partial charge on any atom is -0.336 e. The molecule has 0 radical (unpaired) electrons. The molecule has 0 aromatic carbocycles. The van der Waals surface area contributed by atoms with Crippen molar-refractivity contribution < 1.29 is 12.6 Å². The lowest BCUT2D eigenvalue weighted by Gasteiger charge is -2.31. The third kappa shape index (κ3) is 6.70. The van der Waals surface area contributed by atoms with E-state index in [9.17, 15) is 8.42 Å². The first-order valence-corrected chi connectivity index (χ1v) is 9.73. The van der Waals surface area contributed by atoms with Crippen LogP contribution in [0.3, 0.4) is 0 Å². The topological polar surface area (TPSA) is 49.9 Å². The average molecular weight is 318 g/mol. The lowest BCUT2D eigenvalue weighted by atomic mass is 9.96. The van der Waals surface area contributed by atoms with Crippen molar-refractivity contribution in [2.24, 2.45) is 5.92 Å². The van der Waals surface area contributed by atoms with Crippen molar-refractivity contribution in [3.05, 3.63) is 12.4 Å². The molecule has 0 saturated carbocycles. The largest absolute Gasteiger partial charge is 0.336 e. The smallest absolute Gasteiger partial charge is 0.267 e. The average Bonchev–Trinajstić information content (AvgIpc) is 2.70. The molecule has 0 amide bonds. The highest BCUT2D eigenvalue weighted by Gasteiger charge is 2.29. The molecule has 5 nitrogen and oxygen atoms in total. The first-order valence-electron chi connectivity index (χ1n) is 7.91. The van der Waals surface area contributed by atoms with E-state index >= 15 is 0 Å². The maximum Gasteiger partial charge on any atom is 0.267 e. The van der Waals surface area contributed by atoms with Crippen molar-refractivity contribution in [1.82, 2.24) is 9.80 Å². The van der Waals surface area contributed by atoms with Crippen LogP contribution in [0.4, 0.5) is 0 Å². The van der Waals surface area contributed by atoms with E-state index in [0.717, 1.165) is 19.2 Å². The number of unbranched alkanes of at least 4 members (excludes halogenated alkanes) is 2. The van der Waals surface area contributed by atoms with Gasteiger partial charge in [0.1, 0.15) is 0 Å². The van der Waals surface area contributed by atoms with E-state index in [1.165, 1.54) is 32.1 Å². The summed E-state index contributed by atoms with van der Waals surface area (Å²) in [6, 6.07) is 0. The maximum atomic E-state index is 11.4. The zero-order valence-corrected chi connectivity index (χ0v) is 14.6. The summed E-state index contributed by atoms with van der Waals surface area (Å²) in [6.07, 6.45) is 11.6. The second-order valence-electron chi connectivity index (χ2n) is 5.94. The van der Waals surface area contributed by atoms with Crippen LogP contribution in [0.15, 0.2) is 12.4 Å². The molecule has 0 aromatic rings. The molecule has 21 heavy (non-hydrogen) atoms. The van der Waals surface area contributed by atoms with Gasteiger partial charge < -0.3 is 9.80 Å². The molecule has 0 saturated heterocycles. The van der Waals surface area contributed by atoms with Gasteiger partial charge in [-0.25, -0.2) is 4.18 Å². The van der Waals surface area contributed by atoms with Crippen LogP contribution in [-0.2, 0) is 14.3 Å². The summed E-state index contributed by atoms with van der Waals surface area (Å²) in [7, 11) is -1.63. The van der Waals surface area contributed by atoms with Gasteiger partial charge in [0.05, 0.1) is 6.26 Å². The molecule has 124 valence electrons. The van der Waals surface area contributed by atoms with E-state index in [2.05, 4.69) is 13.8 Å². The summed E-state index contributed by atoms with van der Waals surface area (Å²) in [5.74, 6) is 0.586. The Labute approximate surface area is 130 Å². The first kappa shape index (κ1) is 18.3. The molecular formula is C15H30N2O3S. The Morgan fingerprint density at radius 3 is 2.43 bits per heavy atom. The number of nitrogens with zero attached hydrogens (tertiary/aromatic N) is 2. The normalized spacial score (nSPS) is 20.3. The van der Waals surface area contributed by atoms with Gasteiger partial charge in [0.2, 0.25) is 6.35 Å². The number of hydrogen-bond donors (Lipinski definition) is 0. The predicted molar refractivity (Wildman–Crippen MR) is 85.9 cm³/mol. The zero-order chi connectivity index (χ0) is 15.9. The first-order chi connectivity index (χ1) is 9.87. The zero-order valence-electron chi connectivity index (χ0n) is 13.8. The van der Waals surface area contributed by atoms with Gasteiger partial charge in [-0.05, 0) is 18.8 Å². The summed E-state index contributed by atoms with van der Waals surface area (Å²) in [5.41, 5.74) is 0. The van der Waals surface area contributed by atoms with E-state index in [0.29, 0.717) is 5.92 Å². The molecule has 6 heteroatoms. The number of rotatable bonds is 10. The van der Waals surface area contributed by atoms with E-state index in [4.69, 9.17) is 4.18 Å². The predicted octanol–water partition coefficient (Wildman–Crippen LogP) is 2.96. The highest BCUT2D eigenvalue weighted by Crippen LogP contribution is 2.23. The lowest BCUT2D eigenvalue weighted by molar-refractivity contribution is -0.0158. The molecule has 0 aliphatic carbocycles. The molecule has 1 aliphatic heterocycles. The number of hydrogen-bond acceptors (Lipinski definition) is 5. The molecule has 1 heterocycles. The summed E-state index contributed by atoms with van der Waals surface area (Å²) in [6.45, 7) is 5.25. The van der Waals surface area contributed by atoms with Crippen LogP contribution in [-0.4, -0.2) is 44.4 Å². The molecule has 0 bridgehead atoms. The van der Waals surface area contributed by atoms with Gasteiger partial charge in [0, 0.05) is 26.0 Å². The SMILES string of the molecule is CCCCCC(CCC)CN1C=CN(C)C1OS(C)(=O)=O. The van der Waals surface area contributed by atoms with Crippen LogP contribution in [0, 0.1) is 5.92 Å². The summed E-state index contributed by atoms with van der Waals surface area (Å²) < 4.78 is 28.0. The third-order valence-electron chi connectivity index (χ3n) is 3.77. The Bertz CT molecular complexity index is 423. The molecular weight excluding hydrogens is 288 g/mol. The van der Waals surface area contributed by atoms with Gasteiger partial charge in [0.25, 0.3) is 10.1 Å². The van der Waals surface area contributed by atoms with E-state index in [1.807, 2.05) is 24.3 Å². The van der Waals surface area contributed by atoms with E-state index in [1.54, 1.807) is 4.90 Å². The van der Waals surface area contributed by atoms with E-state index in [-0.39, 0.29) is 0 Å². The van der Waals surface area contributed by atoms with Crippen molar-refractivity contribution in [1.29, 1.82) is 0 Å². The molecule has 2 unspecified atom stereocenters. The Balaban J connectivity index is 2.60. The standard InChI is InChI=1S/C15H30N2O3S/c1-5-7-8-10-14(9-6-2)13-17-12-11-16(3)15(17)20-21(4,18)19/h11-12,14-15H,5-10,13H2,1-4H3. The van der Waals surface area contributed by atoms with Crippen LogP contribution in [0.2, 0.25) is 0 Å². The van der Waals surface area contributed by atoms with Gasteiger partial charge in [-0.2, -0.15) is 8.42 Å². The molecule has 0 aromatic heterocycles. The van der Waals surface area contributed by atoms with Gasteiger partial charge in [-0.15, -0.1) is 0 Å². The Hall–Kier alpha value is -0.750. The quantitative estimate of drug-likeness (QED) is 0.458. The minimum atomic E-state index is -3.47. The van der Waals surface area contributed by atoms with Crippen LogP contribution in [0.25, 0.3) is 0 Å². The molecule has 2 atom stereocenters. The van der Waals surface area contributed by atoms with Crippen molar-refractivity contribution in [3.63, 3.8) is 0 Å². The molecule has 0 N–H and O–H groups in total. The second kappa shape index (κ2) is 8.63. The van der Waals surface area contributed by atoms with Gasteiger partial charge in [-0.3, -0.25) is 0 Å². The molecule has 0 spiro atoms. The Morgan fingerprint density at radius 2 is 1.86 bits per heavy atom. The van der Waals surface area contributed by atoms with Crippen molar-refractivity contribution in [2.45, 2.75) is 58.7 Å². The van der Waals surface area contributed by atoms with Gasteiger partial charge in [-0.1, -0.05) is 39.5 Å². The van der Waals surface area contributed by atoms with Crippen molar-refractivity contribution in [3.8, 4) is 0 Å². The van der Waals surface area contributed by atoms with Crippen LogP contribution < -0.4 is 0 Å². The molecule has 1 aliphatic rings. The summed E-state index contributed by atoms with van der Waals surface area (Å²) in [4.78, 5) is 3.78. The van der Waals surface area contributed by atoms with E-state index < -0.39 is 16.5 Å². The Kier molecular flexibility index (Phi) is 7.52. The highest BCUT2D eigenvalue weighted by atomic mass is 32.2. The monoisotopic (exact) mass is 318 g/mol. The fraction of sp³-hybridized carbons (Fsp3) is 0.867.